The molecule has 0 saturated heterocycles. The first-order chi connectivity index (χ1) is 13.0. The fraction of sp³-hybridized carbons (Fsp3) is 0. The van der Waals surface area contributed by atoms with E-state index < -0.39 is 17.4 Å². The Morgan fingerprint density at radius 2 is 1.81 bits per heavy atom. The van der Waals surface area contributed by atoms with E-state index in [1.807, 2.05) is 6.07 Å². The molecule has 0 aliphatic rings. The van der Waals surface area contributed by atoms with Crippen molar-refractivity contribution < 1.29 is 15.0 Å². The van der Waals surface area contributed by atoms with Crippen molar-refractivity contribution in [1.82, 2.24) is 4.98 Å². The number of nitriles is 1. The molecule has 8 heteroatoms. The summed E-state index contributed by atoms with van der Waals surface area (Å²) >= 11 is 0. The highest BCUT2D eigenvalue weighted by atomic mass is 16.4. The minimum atomic E-state index is -1.12. The van der Waals surface area contributed by atoms with E-state index in [4.69, 9.17) is 5.11 Å². The zero-order valence-electron chi connectivity index (χ0n) is 13.7. The quantitative estimate of drug-likeness (QED) is 0.608. The van der Waals surface area contributed by atoms with E-state index in [1.165, 1.54) is 24.3 Å². The van der Waals surface area contributed by atoms with Gasteiger partial charge in [-0.3, -0.25) is 9.78 Å². The molecule has 27 heavy (non-hydrogen) atoms. The molecule has 3 N–H and O–H groups in total. The Kier molecular flexibility index (Phi) is 4.77. The Balaban J connectivity index is 2.19. The summed E-state index contributed by atoms with van der Waals surface area (Å²) in [6.45, 7) is 0. The second-order valence-electron chi connectivity index (χ2n) is 5.43. The van der Waals surface area contributed by atoms with Gasteiger partial charge >= 0.3 is 5.97 Å². The van der Waals surface area contributed by atoms with Crippen LogP contribution in [0.2, 0.25) is 0 Å². The van der Waals surface area contributed by atoms with Gasteiger partial charge in [-0.05, 0) is 23.8 Å². The maximum Gasteiger partial charge on any atom is 0.335 e. The summed E-state index contributed by atoms with van der Waals surface area (Å²) in [6, 6.07) is 16.1. The van der Waals surface area contributed by atoms with Crippen molar-refractivity contribution in [2.75, 3.05) is 0 Å². The summed E-state index contributed by atoms with van der Waals surface area (Å²) in [6.07, 6.45) is 0. The topological polar surface area (TPSA) is 139 Å². The van der Waals surface area contributed by atoms with Crippen LogP contribution in [-0.4, -0.2) is 21.2 Å². The number of pyridine rings is 1. The highest BCUT2D eigenvalue weighted by Crippen LogP contribution is 2.34. The van der Waals surface area contributed by atoms with Crippen LogP contribution in [0.3, 0.4) is 0 Å². The first-order valence-corrected chi connectivity index (χ1v) is 7.71. The lowest BCUT2D eigenvalue weighted by Gasteiger charge is -2.08. The Morgan fingerprint density at radius 1 is 1.07 bits per heavy atom. The second-order valence-corrected chi connectivity index (χ2v) is 5.43. The van der Waals surface area contributed by atoms with Crippen molar-refractivity contribution in [3.63, 3.8) is 0 Å². The molecule has 132 valence electrons. The minimum absolute atomic E-state index is 0.0204. The number of aromatic amines is 1. The molecule has 8 nitrogen and oxygen atoms in total. The Hall–Kier alpha value is -4.25. The molecule has 0 amide bonds. The lowest BCUT2D eigenvalue weighted by Crippen LogP contribution is -2.08. The Morgan fingerprint density at radius 3 is 2.48 bits per heavy atom. The molecule has 0 spiro atoms. The predicted molar refractivity (Wildman–Crippen MR) is 96.5 cm³/mol. The number of nitrogens with one attached hydrogen (secondary N) is 1. The highest BCUT2D eigenvalue weighted by molar-refractivity contribution is 5.88. The maximum atomic E-state index is 12.3. The molecule has 2 aromatic carbocycles. The SMILES string of the molecule is N#Cc1c(O)[nH]c(=O)c(N=Nc2cccc(C(=O)O)c2)c1-c1ccccc1. The van der Waals surface area contributed by atoms with Crippen LogP contribution in [0.15, 0.2) is 69.6 Å². The van der Waals surface area contributed by atoms with Gasteiger partial charge in [0, 0.05) is 5.56 Å². The average molecular weight is 360 g/mol. The molecule has 0 unspecified atom stereocenters. The van der Waals surface area contributed by atoms with Gasteiger partial charge < -0.3 is 10.2 Å². The largest absolute Gasteiger partial charge is 0.494 e. The molecule has 0 atom stereocenters. The van der Waals surface area contributed by atoms with Gasteiger partial charge in [-0.1, -0.05) is 36.4 Å². The summed E-state index contributed by atoms with van der Waals surface area (Å²) in [5, 5.41) is 36.2. The standard InChI is InChI=1S/C19H12N4O4/c20-10-14-15(11-5-2-1-3-6-11)16(18(25)21-17(14)24)23-22-13-8-4-7-12(9-13)19(26)27/h1-9H,(H,26,27)(H2,21,24,25). The molecule has 0 aliphatic heterocycles. The number of rotatable bonds is 4. The first kappa shape index (κ1) is 17.6. The number of aromatic carboxylic acids is 1. The molecule has 1 heterocycles. The van der Waals surface area contributed by atoms with E-state index in [0.29, 0.717) is 5.56 Å². The molecule has 3 rings (SSSR count). The fourth-order valence-corrected chi connectivity index (χ4v) is 2.48. The minimum Gasteiger partial charge on any atom is -0.494 e. The van der Waals surface area contributed by atoms with E-state index in [-0.39, 0.29) is 28.1 Å². The zero-order valence-corrected chi connectivity index (χ0v) is 13.7. The van der Waals surface area contributed by atoms with E-state index in [9.17, 15) is 20.0 Å². The summed E-state index contributed by atoms with van der Waals surface area (Å²) in [7, 11) is 0. The number of carboxylic acids is 1. The molecule has 0 saturated carbocycles. The highest BCUT2D eigenvalue weighted by Gasteiger charge is 2.19. The summed E-state index contributed by atoms with van der Waals surface area (Å²) in [4.78, 5) is 25.5. The van der Waals surface area contributed by atoms with E-state index in [2.05, 4.69) is 15.2 Å². The number of aromatic hydroxyl groups is 1. The van der Waals surface area contributed by atoms with Crippen LogP contribution in [0.25, 0.3) is 11.1 Å². The smallest absolute Gasteiger partial charge is 0.335 e. The number of nitrogens with zero attached hydrogens (tertiary/aromatic N) is 3. The monoisotopic (exact) mass is 360 g/mol. The lowest BCUT2D eigenvalue weighted by atomic mass is 10.00. The fourth-order valence-electron chi connectivity index (χ4n) is 2.48. The van der Waals surface area contributed by atoms with Crippen molar-refractivity contribution in [3.05, 3.63) is 76.1 Å². The van der Waals surface area contributed by atoms with Crippen molar-refractivity contribution >= 4 is 17.3 Å². The molecular weight excluding hydrogens is 348 g/mol. The first-order valence-electron chi connectivity index (χ1n) is 7.71. The molecule has 0 radical (unpaired) electrons. The van der Waals surface area contributed by atoms with Crippen LogP contribution in [0.1, 0.15) is 15.9 Å². The van der Waals surface area contributed by atoms with Crippen molar-refractivity contribution in [2.45, 2.75) is 0 Å². The molecular formula is C19H12N4O4. The van der Waals surface area contributed by atoms with Crippen LogP contribution in [-0.2, 0) is 0 Å². The van der Waals surface area contributed by atoms with Gasteiger partial charge in [-0.15, -0.1) is 5.11 Å². The van der Waals surface area contributed by atoms with Gasteiger partial charge in [-0.25, -0.2) is 4.79 Å². The zero-order chi connectivity index (χ0) is 19.4. The number of benzene rings is 2. The molecule has 0 bridgehead atoms. The summed E-state index contributed by atoms with van der Waals surface area (Å²) in [5.74, 6) is -1.68. The summed E-state index contributed by atoms with van der Waals surface area (Å²) in [5.41, 5.74) is -0.165. The van der Waals surface area contributed by atoms with Crippen molar-refractivity contribution in [2.24, 2.45) is 10.2 Å². The molecule has 0 fully saturated rings. The van der Waals surface area contributed by atoms with Crippen molar-refractivity contribution in [1.29, 1.82) is 5.26 Å². The number of aromatic nitrogens is 1. The van der Waals surface area contributed by atoms with E-state index >= 15 is 0 Å². The summed E-state index contributed by atoms with van der Waals surface area (Å²) < 4.78 is 0. The van der Waals surface area contributed by atoms with Crippen LogP contribution in [0.4, 0.5) is 11.4 Å². The van der Waals surface area contributed by atoms with Crippen LogP contribution in [0, 0.1) is 11.3 Å². The van der Waals surface area contributed by atoms with Crippen molar-refractivity contribution in [3.8, 4) is 23.1 Å². The predicted octanol–water partition coefficient (Wildman–Crippen LogP) is 3.73. The molecule has 3 aromatic rings. The van der Waals surface area contributed by atoms with Crippen LogP contribution >= 0.6 is 0 Å². The third-order valence-electron chi connectivity index (χ3n) is 3.70. The van der Waals surface area contributed by atoms with Gasteiger partial charge in [0.25, 0.3) is 5.56 Å². The third-order valence-corrected chi connectivity index (χ3v) is 3.70. The number of azo groups is 1. The van der Waals surface area contributed by atoms with Gasteiger partial charge in [0.1, 0.15) is 11.6 Å². The van der Waals surface area contributed by atoms with Gasteiger partial charge in [0.05, 0.1) is 11.3 Å². The van der Waals surface area contributed by atoms with Gasteiger partial charge in [0.2, 0.25) is 5.88 Å². The number of carboxylic acid groups (broad SMARTS) is 1. The van der Waals surface area contributed by atoms with Crippen LogP contribution < -0.4 is 5.56 Å². The molecule has 1 aromatic heterocycles. The molecule has 0 aliphatic carbocycles. The second kappa shape index (κ2) is 7.33. The van der Waals surface area contributed by atoms with Gasteiger partial charge in [0.15, 0.2) is 5.69 Å². The lowest BCUT2D eigenvalue weighted by molar-refractivity contribution is 0.0697. The Bertz CT molecular complexity index is 1140. The van der Waals surface area contributed by atoms with Crippen LogP contribution in [0.5, 0.6) is 5.88 Å². The number of carbonyl (C=O) groups is 1. The van der Waals surface area contributed by atoms with E-state index in [0.717, 1.165) is 0 Å². The normalized spacial score (nSPS) is 10.6. The van der Waals surface area contributed by atoms with E-state index in [1.54, 1.807) is 30.3 Å². The third kappa shape index (κ3) is 3.57. The number of H-pyrrole nitrogens is 1. The maximum absolute atomic E-state index is 12.3. The van der Waals surface area contributed by atoms with Gasteiger partial charge in [-0.2, -0.15) is 10.4 Å². The number of hydrogen-bond donors (Lipinski definition) is 3. The Labute approximate surface area is 152 Å². The average Bonchev–Trinajstić information content (AvgIpc) is 2.67. The number of hydrogen-bond acceptors (Lipinski definition) is 6.